The minimum absolute atomic E-state index is 0.164. The SMILES string of the molecule is COCCOc1c(C2=CCC(C)(C)CC2)ccc(-c2nc(SNc3cc(F)c(C(=O)O)cc3OC)cs2)c1F. The molecule has 0 atom stereocenters. The number of ether oxygens (including phenoxy) is 3. The van der Waals surface area contributed by atoms with Crippen molar-refractivity contribution < 1.29 is 32.9 Å². The van der Waals surface area contributed by atoms with E-state index in [1.807, 2.05) is 6.07 Å². The molecule has 2 aromatic carbocycles. The molecule has 3 aromatic rings. The van der Waals surface area contributed by atoms with Gasteiger partial charge in [0.2, 0.25) is 0 Å². The molecule has 0 bridgehead atoms. The van der Waals surface area contributed by atoms with Crippen LogP contribution in [0.1, 0.15) is 49.0 Å². The van der Waals surface area contributed by atoms with Crippen LogP contribution < -0.4 is 14.2 Å². The lowest BCUT2D eigenvalue weighted by Crippen LogP contribution is -2.15. The van der Waals surface area contributed by atoms with Gasteiger partial charge in [-0.1, -0.05) is 26.0 Å². The Labute approximate surface area is 234 Å². The molecule has 11 heteroatoms. The van der Waals surface area contributed by atoms with Crippen LogP contribution in [0.15, 0.2) is 40.7 Å². The topological polar surface area (TPSA) is 89.9 Å². The molecule has 0 spiro atoms. The van der Waals surface area contributed by atoms with E-state index in [9.17, 15) is 9.18 Å². The van der Waals surface area contributed by atoms with E-state index in [1.165, 1.54) is 18.4 Å². The van der Waals surface area contributed by atoms with Crippen molar-refractivity contribution in [2.24, 2.45) is 5.41 Å². The summed E-state index contributed by atoms with van der Waals surface area (Å²) >= 11 is 2.33. The van der Waals surface area contributed by atoms with E-state index >= 15 is 4.39 Å². The minimum Gasteiger partial charge on any atom is -0.495 e. The maximum Gasteiger partial charge on any atom is 0.338 e. The van der Waals surface area contributed by atoms with Crippen LogP contribution in [0.2, 0.25) is 0 Å². The summed E-state index contributed by atoms with van der Waals surface area (Å²) < 4.78 is 49.2. The van der Waals surface area contributed by atoms with Crippen molar-refractivity contribution in [3.8, 4) is 22.1 Å². The number of thiazole rings is 1. The first kappa shape index (κ1) is 28.8. The lowest BCUT2D eigenvalue weighted by molar-refractivity contribution is 0.0691. The van der Waals surface area contributed by atoms with E-state index in [2.05, 4.69) is 29.6 Å². The summed E-state index contributed by atoms with van der Waals surface area (Å²) in [6.07, 6.45) is 4.93. The standard InChI is InChI=1S/C28H30F2N2O5S2/c1-28(2)9-7-16(8-10-28)17-5-6-18(24(30)25(17)37-12-11-35-3)26-31-23(15-38-26)39-32-21-14-20(29)19(27(33)34)13-22(21)36-4/h5-7,13-15,32H,8-12H2,1-4H3,(H,33,34). The number of aromatic carboxylic acids is 1. The van der Waals surface area contributed by atoms with Crippen LogP contribution >= 0.6 is 23.3 Å². The number of nitrogens with zero attached hydrogens (tertiary/aromatic N) is 1. The fraction of sp³-hybridized carbons (Fsp3) is 0.357. The van der Waals surface area contributed by atoms with Gasteiger partial charge in [-0.05, 0) is 42.4 Å². The number of allylic oxidation sites excluding steroid dienone is 2. The van der Waals surface area contributed by atoms with Crippen LogP contribution in [0.4, 0.5) is 14.5 Å². The summed E-state index contributed by atoms with van der Waals surface area (Å²) in [7, 11) is 2.93. The number of aromatic nitrogens is 1. The van der Waals surface area contributed by atoms with Gasteiger partial charge in [0.25, 0.3) is 0 Å². The first-order valence-electron chi connectivity index (χ1n) is 12.3. The first-order valence-corrected chi connectivity index (χ1v) is 14.0. The summed E-state index contributed by atoms with van der Waals surface area (Å²) in [5.74, 6) is -2.42. The number of hydrogen-bond acceptors (Lipinski definition) is 8. The normalized spacial score (nSPS) is 14.6. The lowest BCUT2D eigenvalue weighted by Gasteiger charge is -2.29. The maximum atomic E-state index is 15.9. The largest absolute Gasteiger partial charge is 0.495 e. The second-order valence-corrected chi connectivity index (χ2v) is 11.5. The predicted octanol–water partition coefficient (Wildman–Crippen LogP) is 7.53. The Morgan fingerprint density at radius 2 is 1.97 bits per heavy atom. The molecule has 0 aliphatic heterocycles. The van der Waals surface area contributed by atoms with Crippen molar-refractivity contribution in [2.75, 3.05) is 32.2 Å². The highest BCUT2D eigenvalue weighted by Gasteiger charge is 2.26. The number of rotatable bonds is 11. The molecule has 1 aromatic heterocycles. The molecule has 0 saturated heterocycles. The number of carboxylic acids is 1. The molecule has 39 heavy (non-hydrogen) atoms. The van der Waals surface area contributed by atoms with Crippen molar-refractivity contribution in [3.05, 3.63) is 58.5 Å². The number of methoxy groups -OCH3 is 2. The zero-order valence-electron chi connectivity index (χ0n) is 22.1. The molecule has 0 unspecified atom stereocenters. The molecule has 1 heterocycles. The summed E-state index contributed by atoms with van der Waals surface area (Å²) in [5, 5.41) is 11.8. The number of hydrogen-bond donors (Lipinski definition) is 2. The third-order valence-electron chi connectivity index (χ3n) is 6.45. The second-order valence-electron chi connectivity index (χ2n) is 9.78. The summed E-state index contributed by atoms with van der Waals surface area (Å²) in [4.78, 5) is 15.7. The zero-order valence-corrected chi connectivity index (χ0v) is 23.7. The van der Waals surface area contributed by atoms with Gasteiger partial charge >= 0.3 is 5.97 Å². The third kappa shape index (κ3) is 6.71. The Balaban J connectivity index is 1.58. The van der Waals surface area contributed by atoms with Crippen LogP contribution in [0.25, 0.3) is 16.1 Å². The highest BCUT2D eigenvalue weighted by Crippen LogP contribution is 2.43. The highest BCUT2D eigenvalue weighted by atomic mass is 32.2. The van der Waals surface area contributed by atoms with Gasteiger partial charge in [-0.2, -0.15) is 0 Å². The van der Waals surface area contributed by atoms with E-state index in [0.717, 1.165) is 54.5 Å². The van der Waals surface area contributed by atoms with E-state index in [-0.39, 0.29) is 29.2 Å². The number of carbonyl (C=O) groups is 1. The smallest absolute Gasteiger partial charge is 0.338 e. The molecule has 0 fully saturated rings. The molecular formula is C28H30F2N2O5S2. The Hall–Kier alpha value is -3.15. The molecule has 7 nitrogen and oxygen atoms in total. The zero-order chi connectivity index (χ0) is 28.2. The van der Waals surface area contributed by atoms with Crippen LogP contribution in [-0.4, -0.2) is 43.5 Å². The molecule has 0 amide bonds. The van der Waals surface area contributed by atoms with E-state index < -0.39 is 23.2 Å². The van der Waals surface area contributed by atoms with Gasteiger partial charge < -0.3 is 24.0 Å². The number of nitrogens with one attached hydrogen (secondary N) is 1. The average Bonchev–Trinajstić information content (AvgIpc) is 3.37. The van der Waals surface area contributed by atoms with E-state index in [1.54, 1.807) is 18.6 Å². The first-order chi connectivity index (χ1) is 18.6. The van der Waals surface area contributed by atoms with E-state index in [0.29, 0.717) is 22.2 Å². The highest BCUT2D eigenvalue weighted by molar-refractivity contribution is 8.00. The fourth-order valence-corrected chi connectivity index (χ4v) is 5.77. The Morgan fingerprint density at radius 1 is 1.21 bits per heavy atom. The predicted molar refractivity (Wildman–Crippen MR) is 150 cm³/mol. The molecule has 0 radical (unpaired) electrons. The van der Waals surface area contributed by atoms with Gasteiger partial charge in [-0.25, -0.2) is 18.6 Å². The Morgan fingerprint density at radius 3 is 2.64 bits per heavy atom. The van der Waals surface area contributed by atoms with Gasteiger partial charge in [0.05, 0.1) is 30.5 Å². The molecule has 1 aliphatic rings. The molecule has 208 valence electrons. The van der Waals surface area contributed by atoms with Gasteiger partial charge in [0, 0.05) is 36.1 Å². The third-order valence-corrected chi connectivity index (χ3v) is 8.21. The van der Waals surface area contributed by atoms with Crippen molar-refractivity contribution in [2.45, 2.75) is 38.1 Å². The molecule has 4 rings (SSSR count). The van der Waals surface area contributed by atoms with Crippen LogP contribution in [0.3, 0.4) is 0 Å². The summed E-state index contributed by atoms with van der Waals surface area (Å²) in [5.41, 5.74) is 2.10. The van der Waals surface area contributed by atoms with Gasteiger partial charge in [0.1, 0.15) is 28.2 Å². The Kier molecular flexibility index (Phi) is 9.14. The number of anilines is 1. The van der Waals surface area contributed by atoms with Crippen molar-refractivity contribution in [3.63, 3.8) is 0 Å². The lowest BCUT2D eigenvalue weighted by atomic mass is 9.77. The van der Waals surface area contributed by atoms with E-state index in [4.69, 9.17) is 19.3 Å². The second kappa shape index (κ2) is 12.4. The minimum atomic E-state index is -1.39. The Bertz CT molecular complexity index is 1390. The molecule has 2 N–H and O–H groups in total. The van der Waals surface area contributed by atoms with Crippen molar-refractivity contribution >= 4 is 40.5 Å². The van der Waals surface area contributed by atoms with Gasteiger partial charge in [-0.15, -0.1) is 11.3 Å². The summed E-state index contributed by atoms with van der Waals surface area (Å²) in [6.45, 7) is 5.00. The molecule has 0 saturated carbocycles. The van der Waals surface area contributed by atoms with Crippen molar-refractivity contribution in [1.29, 1.82) is 0 Å². The monoisotopic (exact) mass is 576 g/mol. The average molecular weight is 577 g/mol. The van der Waals surface area contributed by atoms with Gasteiger partial charge in [0.15, 0.2) is 11.6 Å². The number of carboxylic acid groups (broad SMARTS) is 1. The van der Waals surface area contributed by atoms with Gasteiger partial charge in [-0.3, -0.25) is 0 Å². The van der Waals surface area contributed by atoms with Crippen molar-refractivity contribution in [1.82, 2.24) is 4.98 Å². The maximum absolute atomic E-state index is 15.9. The molecular weight excluding hydrogens is 546 g/mol. The van der Waals surface area contributed by atoms with Crippen LogP contribution in [-0.2, 0) is 4.74 Å². The molecule has 1 aliphatic carbocycles. The van der Waals surface area contributed by atoms with Crippen LogP contribution in [0.5, 0.6) is 11.5 Å². The number of benzene rings is 2. The number of halogens is 2. The van der Waals surface area contributed by atoms with Crippen LogP contribution in [0, 0.1) is 17.0 Å². The fourth-order valence-electron chi connectivity index (χ4n) is 4.17. The quantitative estimate of drug-likeness (QED) is 0.179. The summed E-state index contributed by atoms with van der Waals surface area (Å²) in [6, 6.07) is 5.76.